The first-order valence-corrected chi connectivity index (χ1v) is 6.10. The van der Waals surface area contributed by atoms with Gasteiger partial charge in [0.2, 0.25) is 5.91 Å². The van der Waals surface area contributed by atoms with Gasteiger partial charge in [-0.05, 0) is 25.3 Å². The van der Waals surface area contributed by atoms with Gasteiger partial charge in [-0.2, -0.15) is 5.10 Å². The van der Waals surface area contributed by atoms with Crippen LogP contribution in [0, 0.1) is 6.92 Å². The van der Waals surface area contributed by atoms with Crippen LogP contribution in [0.1, 0.15) is 24.1 Å². The fourth-order valence-corrected chi connectivity index (χ4v) is 2.25. The van der Waals surface area contributed by atoms with Crippen molar-refractivity contribution in [1.82, 2.24) is 10.2 Å². The summed E-state index contributed by atoms with van der Waals surface area (Å²) >= 11 is 0. The first-order chi connectivity index (χ1) is 8.71. The van der Waals surface area contributed by atoms with Crippen LogP contribution < -0.4 is 5.32 Å². The zero-order valence-electron chi connectivity index (χ0n) is 10.2. The third-order valence-electron chi connectivity index (χ3n) is 3.46. The lowest BCUT2D eigenvalue weighted by atomic mass is 9.95. The minimum absolute atomic E-state index is 0.0419. The van der Waals surface area contributed by atoms with Crippen LogP contribution in [0.15, 0.2) is 36.4 Å². The summed E-state index contributed by atoms with van der Waals surface area (Å²) in [6.07, 6.45) is 1.82. The van der Waals surface area contributed by atoms with Crippen LogP contribution in [-0.4, -0.2) is 16.1 Å². The Hall–Kier alpha value is -2.10. The number of carbonyl (C=O) groups is 1. The molecule has 1 fully saturated rings. The summed E-state index contributed by atoms with van der Waals surface area (Å²) in [5.74, 6) is 0.639. The van der Waals surface area contributed by atoms with E-state index in [1.165, 1.54) is 0 Å². The van der Waals surface area contributed by atoms with Crippen LogP contribution in [0.4, 0.5) is 5.82 Å². The van der Waals surface area contributed by atoms with Crippen LogP contribution in [0.2, 0.25) is 0 Å². The number of anilines is 1. The summed E-state index contributed by atoms with van der Waals surface area (Å²) in [6, 6.07) is 11.8. The fourth-order valence-electron chi connectivity index (χ4n) is 2.25. The topological polar surface area (TPSA) is 57.8 Å². The molecule has 0 radical (unpaired) electrons. The van der Waals surface area contributed by atoms with Gasteiger partial charge in [0, 0.05) is 11.8 Å². The highest BCUT2D eigenvalue weighted by Crippen LogP contribution is 2.48. The number of rotatable bonds is 3. The van der Waals surface area contributed by atoms with Gasteiger partial charge in [-0.1, -0.05) is 30.3 Å². The highest BCUT2D eigenvalue weighted by Gasteiger charge is 2.51. The molecule has 1 amide bonds. The van der Waals surface area contributed by atoms with E-state index in [0.717, 1.165) is 24.1 Å². The molecule has 18 heavy (non-hydrogen) atoms. The molecule has 1 saturated carbocycles. The van der Waals surface area contributed by atoms with Gasteiger partial charge in [-0.25, -0.2) is 0 Å². The zero-order valence-corrected chi connectivity index (χ0v) is 10.2. The van der Waals surface area contributed by atoms with Crippen molar-refractivity contribution in [2.75, 3.05) is 5.32 Å². The Bertz CT molecular complexity index is 570. The number of nitrogens with zero attached hydrogens (tertiary/aromatic N) is 1. The van der Waals surface area contributed by atoms with E-state index in [1.807, 2.05) is 43.3 Å². The van der Waals surface area contributed by atoms with Gasteiger partial charge in [-0.3, -0.25) is 9.89 Å². The number of amides is 1. The Kier molecular flexibility index (Phi) is 2.44. The van der Waals surface area contributed by atoms with Gasteiger partial charge in [0.15, 0.2) is 5.82 Å². The van der Waals surface area contributed by atoms with Crippen molar-refractivity contribution in [2.45, 2.75) is 25.2 Å². The van der Waals surface area contributed by atoms with E-state index < -0.39 is 0 Å². The average molecular weight is 241 g/mol. The molecule has 2 N–H and O–H groups in total. The number of aromatic nitrogens is 2. The summed E-state index contributed by atoms with van der Waals surface area (Å²) in [5, 5.41) is 9.74. The molecule has 1 aliphatic rings. The maximum absolute atomic E-state index is 12.3. The number of carbonyl (C=O) groups excluding carboxylic acids is 1. The largest absolute Gasteiger partial charge is 0.308 e. The lowest BCUT2D eigenvalue weighted by Gasteiger charge is -2.14. The Morgan fingerprint density at radius 1 is 1.33 bits per heavy atom. The molecular formula is C14H15N3O. The Morgan fingerprint density at radius 2 is 2.06 bits per heavy atom. The van der Waals surface area contributed by atoms with Crippen LogP contribution in [0.3, 0.4) is 0 Å². The van der Waals surface area contributed by atoms with Gasteiger partial charge in [0.25, 0.3) is 0 Å². The van der Waals surface area contributed by atoms with Crippen molar-refractivity contribution >= 4 is 11.7 Å². The maximum Gasteiger partial charge on any atom is 0.236 e. The van der Waals surface area contributed by atoms with E-state index in [4.69, 9.17) is 0 Å². The molecule has 0 aliphatic heterocycles. The van der Waals surface area contributed by atoms with Gasteiger partial charge >= 0.3 is 0 Å². The normalized spacial score (nSPS) is 16.3. The second-order valence-electron chi connectivity index (χ2n) is 4.84. The maximum atomic E-state index is 12.3. The lowest BCUT2D eigenvalue weighted by molar-refractivity contribution is -0.118. The van der Waals surface area contributed by atoms with Crippen molar-refractivity contribution in [2.24, 2.45) is 0 Å². The van der Waals surface area contributed by atoms with Gasteiger partial charge in [0.05, 0.1) is 5.41 Å². The van der Waals surface area contributed by atoms with Crippen molar-refractivity contribution in [3.05, 3.63) is 47.7 Å². The number of hydrogen-bond donors (Lipinski definition) is 2. The van der Waals surface area contributed by atoms with E-state index in [9.17, 15) is 4.79 Å². The molecule has 0 atom stereocenters. The molecular weight excluding hydrogens is 226 g/mol. The molecule has 4 nitrogen and oxygen atoms in total. The number of hydrogen-bond acceptors (Lipinski definition) is 2. The first kappa shape index (κ1) is 11.0. The summed E-state index contributed by atoms with van der Waals surface area (Å²) in [5.41, 5.74) is 1.69. The molecule has 4 heteroatoms. The molecule has 1 aromatic carbocycles. The highest BCUT2D eigenvalue weighted by atomic mass is 16.2. The number of aryl methyl sites for hydroxylation is 1. The molecule has 1 aliphatic carbocycles. The average Bonchev–Trinajstić information content (AvgIpc) is 3.10. The third-order valence-corrected chi connectivity index (χ3v) is 3.46. The number of H-pyrrole nitrogens is 1. The number of benzene rings is 1. The molecule has 92 valence electrons. The van der Waals surface area contributed by atoms with Crippen LogP contribution in [0.5, 0.6) is 0 Å². The van der Waals surface area contributed by atoms with Gasteiger partial charge in [-0.15, -0.1) is 0 Å². The zero-order chi connectivity index (χ0) is 12.6. The number of nitrogens with one attached hydrogen (secondary N) is 2. The fraction of sp³-hybridized carbons (Fsp3) is 0.286. The molecule has 1 heterocycles. The van der Waals surface area contributed by atoms with Crippen LogP contribution in [-0.2, 0) is 10.2 Å². The van der Waals surface area contributed by atoms with E-state index in [2.05, 4.69) is 15.5 Å². The Morgan fingerprint density at radius 3 is 2.61 bits per heavy atom. The molecule has 0 saturated heterocycles. The lowest BCUT2D eigenvalue weighted by Crippen LogP contribution is -2.27. The van der Waals surface area contributed by atoms with Crippen LogP contribution in [0.25, 0.3) is 0 Å². The first-order valence-electron chi connectivity index (χ1n) is 6.10. The highest BCUT2D eigenvalue weighted by molar-refractivity contribution is 6.00. The smallest absolute Gasteiger partial charge is 0.236 e. The van der Waals surface area contributed by atoms with Crippen molar-refractivity contribution < 1.29 is 4.79 Å². The van der Waals surface area contributed by atoms with Crippen molar-refractivity contribution in [1.29, 1.82) is 0 Å². The molecule has 0 spiro atoms. The number of aromatic amines is 1. The van der Waals surface area contributed by atoms with Crippen molar-refractivity contribution in [3.63, 3.8) is 0 Å². The van der Waals surface area contributed by atoms with Crippen LogP contribution >= 0.6 is 0 Å². The van der Waals surface area contributed by atoms with Gasteiger partial charge in [0.1, 0.15) is 0 Å². The Labute approximate surface area is 105 Å². The molecule has 1 aromatic heterocycles. The quantitative estimate of drug-likeness (QED) is 0.866. The molecule has 0 unspecified atom stereocenters. The van der Waals surface area contributed by atoms with E-state index in [-0.39, 0.29) is 11.3 Å². The third kappa shape index (κ3) is 1.79. The predicted octanol–water partition coefficient (Wildman–Crippen LogP) is 2.39. The van der Waals surface area contributed by atoms with E-state index in [1.54, 1.807) is 0 Å². The van der Waals surface area contributed by atoms with Gasteiger partial charge < -0.3 is 5.32 Å². The monoisotopic (exact) mass is 241 g/mol. The SMILES string of the molecule is Cc1cc(NC(=O)C2(c3ccccc3)CC2)n[nH]1. The second kappa shape index (κ2) is 3.98. The van der Waals surface area contributed by atoms with Crippen molar-refractivity contribution in [3.8, 4) is 0 Å². The molecule has 2 aromatic rings. The molecule has 0 bridgehead atoms. The molecule has 3 rings (SSSR count). The Balaban J connectivity index is 1.81. The minimum atomic E-state index is -0.339. The standard InChI is InChI=1S/C14H15N3O/c1-10-9-12(17-16-10)15-13(18)14(7-8-14)11-5-3-2-4-6-11/h2-6,9H,7-8H2,1H3,(H2,15,16,17,18). The summed E-state index contributed by atoms with van der Waals surface area (Å²) in [4.78, 5) is 12.3. The minimum Gasteiger partial charge on any atom is -0.308 e. The summed E-state index contributed by atoms with van der Waals surface area (Å²) in [6.45, 7) is 1.91. The summed E-state index contributed by atoms with van der Waals surface area (Å²) in [7, 11) is 0. The predicted molar refractivity (Wildman–Crippen MR) is 69.3 cm³/mol. The second-order valence-corrected chi connectivity index (χ2v) is 4.84. The summed E-state index contributed by atoms with van der Waals surface area (Å²) < 4.78 is 0. The van der Waals surface area contributed by atoms with E-state index >= 15 is 0 Å². The van der Waals surface area contributed by atoms with E-state index in [0.29, 0.717) is 5.82 Å².